The Morgan fingerprint density at radius 1 is 1.30 bits per heavy atom. The fourth-order valence-corrected chi connectivity index (χ4v) is 3.72. The number of aryl methyl sites for hydroxylation is 2. The van der Waals surface area contributed by atoms with Crippen LogP contribution in [0.1, 0.15) is 41.8 Å². The fourth-order valence-electron chi connectivity index (χ4n) is 3.72. The summed E-state index contributed by atoms with van der Waals surface area (Å²) in [7, 11) is 0. The van der Waals surface area contributed by atoms with Crippen molar-refractivity contribution in [3.63, 3.8) is 0 Å². The molecule has 27 heavy (non-hydrogen) atoms. The standard InChI is InChI=1S/C19H20FN5O2/c1-10-13(19(27)22-11(2)21-10)9-17(26)25-7-3-4-16(25)18-23-14-6-5-12(20)8-15(14)24-18/h5-6,8,16H,3-4,7,9H2,1-2H3,(H,23,24)(H,21,22,27)/t16-/m0/s1. The lowest BCUT2D eigenvalue weighted by Crippen LogP contribution is -2.34. The molecular formula is C19H20FN5O2. The molecule has 2 aromatic heterocycles. The molecule has 2 N–H and O–H groups in total. The van der Waals surface area contributed by atoms with Crippen LogP contribution in [0.3, 0.4) is 0 Å². The molecule has 1 atom stereocenters. The molecule has 1 amide bonds. The van der Waals surface area contributed by atoms with Crippen molar-refractivity contribution in [1.82, 2.24) is 24.8 Å². The summed E-state index contributed by atoms with van der Waals surface area (Å²) in [6, 6.07) is 4.18. The van der Waals surface area contributed by atoms with Crippen molar-refractivity contribution in [2.45, 2.75) is 39.2 Å². The molecule has 0 radical (unpaired) electrons. The zero-order valence-corrected chi connectivity index (χ0v) is 15.2. The Hall–Kier alpha value is -3.03. The molecule has 1 aliphatic heterocycles. The SMILES string of the molecule is Cc1nc(C)c(CC(=O)N2CCC[C@H]2c2nc3ccc(F)cc3[nH]2)c(=O)[nH]1. The van der Waals surface area contributed by atoms with Gasteiger partial charge >= 0.3 is 0 Å². The van der Waals surface area contributed by atoms with Gasteiger partial charge in [0.1, 0.15) is 17.5 Å². The number of amides is 1. The van der Waals surface area contributed by atoms with Crippen LogP contribution in [0.2, 0.25) is 0 Å². The highest BCUT2D eigenvalue weighted by Crippen LogP contribution is 2.32. The third-order valence-corrected chi connectivity index (χ3v) is 5.02. The van der Waals surface area contributed by atoms with Gasteiger partial charge in [0, 0.05) is 17.8 Å². The number of likely N-dealkylation sites (tertiary alicyclic amines) is 1. The topological polar surface area (TPSA) is 94.7 Å². The van der Waals surface area contributed by atoms with Crippen LogP contribution in [0.5, 0.6) is 0 Å². The summed E-state index contributed by atoms with van der Waals surface area (Å²) < 4.78 is 13.4. The molecular weight excluding hydrogens is 349 g/mol. The number of benzene rings is 1. The normalized spacial score (nSPS) is 17.0. The zero-order chi connectivity index (χ0) is 19.1. The predicted molar refractivity (Wildman–Crippen MR) is 97.8 cm³/mol. The van der Waals surface area contributed by atoms with Crippen LogP contribution in [-0.4, -0.2) is 37.3 Å². The maximum Gasteiger partial charge on any atom is 0.254 e. The molecule has 0 saturated carbocycles. The zero-order valence-electron chi connectivity index (χ0n) is 15.2. The number of carbonyl (C=O) groups excluding carboxylic acids is 1. The van der Waals surface area contributed by atoms with Crippen LogP contribution in [0.15, 0.2) is 23.0 Å². The highest BCUT2D eigenvalue weighted by molar-refractivity contribution is 5.80. The molecule has 0 bridgehead atoms. The van der Waals surface area contributed by atoms with Crippen LogP contribution in [-0.2, 0) is 11.2 Å². The minimum absolute atomic E-state index is 0.000195. The van der Waals surface area contributed by atoms with Crippen molar-refractivity contribution in [3.8, 4) is 0 Å². The summed E-state index contributed by atoms with van der Waals surface area (Å²) in [5.41, 5.74) is 1.96. The third-order valence-electron chi connectivity index (χ3n) is 5.02. The number of carbonyl (C=O) groups is 1. The Bertz CT molecular complexity index is 1090. The van der Waals surface area contributed by atoms with Gasteiger partial charge in [0.05, 0.1) is 23.5 Å². The average molecular weight is 369 g/mol. The summed E-state index contributed by atoms with van der Waals surface area (Å²) in [5, 5.41) is 0. The maximum atomic E-state index is 13.4. The van der Waals surface area contributed by atoms with E-state index < -0.39 is 0 Å². The van der Waals surface area contributed by atoms with Gasteiger partial charge in [0.25, 0.3) is 5.56 Å². The van der Waals surface area contributed by atoms with E-state index >= 15 is 0 Å². The molecule has 4 rings (SSSR count). The molecule has 1 saturated heterocycles. The number of aromatic nitrogens is 4. The lowest BCUT2D eigenvalue weighted by atomic mass is 10.1. The van der Waals surface area contributed by atoms with Crippen molar-refractivity contribution < 1.29 is 9.18 Å². The van der Waals surface area contributed by atoms with Gasteiger partial charge in [-0.1, -0.05) is 0 Å². The largest absolute Gasteiger partial charge is 0.340 e. The Morgan fingerprint density at radius 3 is 2.89 bits per heavy atom. The van der Waals surface area contributed by atoms with Crippen LogP contribution >= 0.6 is 0 Å². The highest BCUT2D eigenvalue weighted by atomic mass is 19.1. The van der Waals surface area contributed by atoms with Crippen LogP contribution in [0.4, 0.5) is 4.39 Å². The van der Waals surface area contributed by atoms with Crippen molar-refractivity contribution in [2.75, 3.05) is 6.54 Å². The molecule has 0 spiro atoms. The Morgan fingerprint density at radius 2 is 2.11 bits per heavy atom. The average Bonchev–Trinajstić information content (AvgIpc) is 3.23. The van der Waals surface area contributed by atoms with E-state index in [1.165, 1.54) is 12.1 Å². The number of halogens is 1. The van der Waals surface area contributed by atoms with E-state index in [2.05, 4.69) is 19.9 Å². The first-order valence-electron chi connectivity index (χ1n) is 8.93. The van der Waals surface area contributed by atoms with Gasteiger partial charge in [-0.15, -0.1) is 0 Å². The lowest BCUT2D eigenvalue weighted by molar-refractivity contribution is -0.131. The van der Waals surface area contributed by atoms with E-state index in [-0.39, 0.29) is 29.7 Å². The maximum absolute atomic E-state index is 13.4. The number of H-pyrrole nitrogens is 2. The van der Waals surface area contributed by atoms with Crippen molar-refractivity contribution in [1.29, 1.82) is 0 Å². The van der Waals surface area contributed by atoms with Gasteiger partial charge in [0.15, 0.2) is 0 Å². The predicted octanol–water partition coefficient (Wildman–Crippen LogP) is 2.31. The van der Waals surface area contributed by atoms with E-state index in [9.17, 15) is 14.0 Å². The van der Waals surface area contributed by atoms with Gasteiger partial charge < -0.3 is 14.9 Å². The highest BCUT2D eigenvalue weighted by Gasteiger charge is 2.32. The molecule has 1 aromatic carbocycles. The number of hydrogen-bond donors (Lipinski definition) is 2. The van der Waals surface area contributed by atoms with E-state index in [0.717, 1.165) is 12.8 Å². The fraction of sp³-hybridized carbons (Fsp3) is 0.368. The molecule has 7 nitrogen and oxygen atoms in total. The number of imidazole rings is 1. The van der Waals surface area contributed by atoms with E-state index in [4.69, 9.17) is 0 Å². The number of hydrogen-bond acceptors (Lipinski definition) is 4. The molecule has 0 aliphatic carbocycles. The molecule has 0 unspecified atom stereocenters. The Balaban J connectivity index is 1.61. The first kappa shape index (κ1) is 17.4. The van der Waals surface area contributed by atoms with Gasteiger partial charge in [-0.3, -0.25) is 9.59 Å². The number of nitrogens with one attached hydrogen (secondary N) is 2. The van der Waals surface area contributed by atoms with E-state index in [1.54, 1.807) is 24.8 Å². The van der Waals surface area contributed by atoms with E-state index in [1.807, 2.05) is 0 Å². The minimum atomic E-state index is -0.335. The number of aromatic amines is 2. The number of fused-ring (bicyclic) bond motifs is 1. The van der Waals surface area contributed by atoms with Gasteiger partial charge in [-0.05, 0) is 44.9 Å². The molecule has 3 aromatic rings. The Labute approximate surface area is 154 Å². The number of nitrogens with zero attached hydrogens (tertiary/aromatic N) is 3. The van der Waals surface area contributed by atoms with Crippen LogP contribution in [0, 0.1) is 19.7 Å². The van der Waals surface area contributed by atoms with Crippen molar-refractivity contribution in [2.24, 2.45) is 0 Å². The van der Waals surface area contributed by atoms with E-state index in [0.29, 0.717) is 40.5 Å². The van der Waals surface area contributed by atoms with Gasteiger partial charge in [0.2, 0.25) is 5.91 Å². The summed E-state index contributed by atoms with van der Waals surface area (Å²) in [6.07, 6.45) is 1.62. The summed E-state index contributed by atoms with van der Waals surface area (Å²) >= 11 is 0. The molecule has 3 heterocycles. The quantitative estimate of drug-likeness (QED) is 0.741. The molecule has 1 fully saturated rings. The lowest BCUT2D eigenvalue weighted by Gasteiger charge is -2.23. The summed E-state index contributed by atoms with van der Waals surface area (Å²) in [5.74, 6) is 0.707. The second-order valence-electron chi connectivity index (χ2n) is 6.92. The third kappa shape index (κ3) is 3.22. The van der Waals surface area contributed by atoms with Crippen LogP contribution < -0.4 is 5.56 Å². The Kier molecular flexibility index (Phi) is 4.25. The van der Waals surface area contributed by atoms with Gasteiger partial charge in [-0.2, -0.15) is 0 Å². The minimum Gasteiger partial charge on any atom is -0.340 e. The summed E-state index contributed by atoms with van der Waals surface area (Å²) in [4.78, 5) is 41.4. The first-order chi connectivity index (χ1) is 12.9. The molecule has 8 heteroatoms. The molecule has 1 aliphatic rings. The smallest absolute Gasteiger partial charge is 0.254 e. The monoisotopic (exact) mass is 369 g/mol. The second-order valence-corrected chi connectivity index (χ2v) is 6.92. The van der Waals surface area contributed by atoms with Crippen molar-refractivity contribution in [3.05, 3.63) is 57.3 Å². The first-order valence-corrected chi connectivity index (χ1v) is 8.93. The van der Waals surface area contributed by atoms with Crippen LogP contribution in [0.25, 0.3) is 11.0 Å². The summed E-state index contributed by atoms with van der Waals surface area (Å²) in [6.45, 7) is 4.05. The van der Waals surface area contributed by atoms with Gasteiger partial charge in [-0.25, -0.2) is 14.4 Å². The molecule has 140 valence electrons. The van der Waals surface area contributed by atoms with Crippen molar-refractivity contribution >= 4 is 16.9 Å². The second kappa shape index (κ2) is 6.61. The number of rotatable bonds is 3.